The first-order chi connectivity index (χ1) is 14.5. The number of ketones is 1. The number of sulfonamides is 1. The second-order valence-corrected chi connectivity index (χ2v) is 12.1. The lowest BCUT2D eigenvalue weighted by molar-refractivity contribution is 0.0913. The molecule has 1 aromatic carbocycles. The third-order valence-electron chi connectivity index (χ3n) is 6.97. The fourth-order valence-corrected chi connectivity index (χ4v) is 6.96. The lowest BCUT2D eigenvalue weighted by Gasteiger charge is -2.37. The highest BCUT2D eigenvalue weighted by Gasteiger charge is 2.35. The van der Waals surface area contributed by atoms with Crippen molar-refractivity contribution in [1.29, 1.82) is 0 Å². The number of aryl methyl sites for hydroxylation is 1. The Balaban J connectivity index is 1.64. The van der Waals surface area contributed by atoms with Crippen LogP contribution < -0.4 is 0 Å². The van der Waals surface area contributed by atoms with E-state index in [4.69, 9.17) is 0 Å². The van der Waals surface area contributed by atoms with Crippen LogP contribution in [0.15, 0.2) is 17.0 Å². The molecule has 1 aliphatic heterocycles. The summed E-state index contributed by atoms with van der Waals surface area (Å²) in [6.45, 7) is 13.0. The van der Waals surface area contributed by atoms with Gasteiger partial charge in [-0.25, -0.2) is 8.42 Å². The summed E-state index contributed by atoms with van der Waals surface area (Å²) < 4.78 is 28.6. The zero-order valence-electron chi connectivity index (χ0n) is 19.4. The molecular formula is C24H35N3O3S. The topological polar surface area (TPSA) is 73.5 Å². The first kappa shape index (κ1) is 22.5. The third kappa shape index (κ3) is 4.08. The molecule has 1 saturated heterocycles. The summed E-state index contributed by atoms with van der Waals surface area (Å²) in [4.78, 5) is 18.9. The van der Waals surface area contributed by atoms with E-state index in [9.17, 15) is 13.2 Å². The maximum Gasteiger partial charge on any atom is 0.243 e. The molecule has 31 heavy (non-hydrogen) atoms. The summed E-state index contributed by atoms with van der Waals surface area (Å²) in [5, 5.41) is 0.852. The number of aromatic nitrogens is 1. The fourth-order valence-electron chi connectivity index (χ4n) is 5.30. The summed E-state index contributed by atoms with van der Waals surface area (Å²) in [5.41, 5.74) is 3.05. The highest BCUT2D eigenvalue weighted by molar-refractivity contribution is 7.89. The maximum absolute atomic E-state index is 13.5. The van der Waals surface area contributed by atoms with Crippen LogP contribution in [0.2, 0.25) is 0 Å². The van der Waals surface area contributed by atoms with Crippen LogP contribution >= 0.6 is 0 Å². The average molecular weight is 446 g/mol. The van der Waals surface area contributed by atoms with Crippen molar-refractivity contribution in [3.8, 4) is 0 Å². The molecule has 2 aromatic rings. The first-order valence-corrected chi connectivity index (χ1v) is 12.9. The summed E-state index contributed by atoms with van der Waals surface area (Å²) in [5.74, 6) is 0.143. The van der Waals surface area contributed by atoms with E-state index < -0.39 is 10.0 Å². The predicted molar refractivity (Wildman–Crippen MR) is 124 cm³/mol. The minimum absolute atomic E-state index is 0.0799. The molecule has 6 nitrogen and oxygen atoms in total. The average Bonchev–Trinajstić information content (AvgIpc) is 3.03. The smallest absolute Gasteiger partial charge is 0.243 e. The number of nitrogens with zero attached hydrogens (tertiary/aromatic N) is 2. The molecule has 0 saturated carbocycles. The monoisotopic (exact) mass is 445 g/mol. The summed E-state index contributed by atoms with van der Waals surface area (Å²) in [6, 6.07) is 4.11. The van der Waals surface area contributed by atoms with Gasteiger partial charge in [-0.1, -0.05) is 27.2 Å². The van der Waals surface area contributed by atoms with Crippen molar-refractivity contribution >= 4 is 26.7 Å². The Morgan fingerprint density at radius 3 is 2.45 bits per heavy atom. The lowest BCUT2D eigenvalue weighted by atomic mass is 9.76. The van der Waals surface area contributed by atoms with Crippen LogP contribution in [-0.2, 0) is 16.4 Å². The number of fused-ring (bicyclic) bond motifs is 3. The Hall–Kier alpha value is -1.70. The quantitative estimate of drug-likeness (QED) is 0.751. The molecule has 0 spiro atoms. The number of hydrogen-bond acceptors (Lipinski definition) is 4. The molecule has 1 fully saturated rings. The summed E-state index contributed by atoms with van der Waals surface area (Å²) >= 11 is 0. The highest BCUT2D eigenvalue weighted by Crippen LogP contribution is 2.39. The maximum atomic E-state index is 13.5. The number of rotatable bonds is 5. The molecule has 1 N–H and O–H groups in total. The Morgan fingerprint density at radius 2 is 1.81 bits per heavy atom. The minimum atomic E-state index is -3.58. The van der Waals surface area contributed by atoms with Crippen LogP contribution in [0.25, 0.3) is 10.9 Å². The van der Waals surface area contributed by atoms with Crippen LogP contribution in [0.3, 0.4) is 0 Å². The molecule has 1 atom stereocenters. The zero-order valence-corrected chi connectivity index (χ0v) is 20.2. The van der Waals surface area contributed by atoms with Crippen molar-refractivity contribution in [1.82, 2.24) is 14.2 Å². The van der Waals surface area contributed by atoms with E-state index in [2.05, 4.69) is 37.6 Å². The Bertz CT molecular complexity index is 1110. The third-order valence-corrected chi connectivity index (χ3v) is 9.01. The molecule has 0 bridgehead atoms. The largest absolute Gasteiger partial charge is 0.358 e. The normalized spacial score (nSPS) is 21.4. The fraction of sp³-hybridized carbons (Fsp3) is 0.625. The van der Waals surface area contributed by atoms with Crippen LogP contribution in [0.5, 0.6) is 0 Å². The molecule has 1 unspecified atom stereocenters. The van der Waals surface area contributed by atoms with Gasteiger partial charge in [0.1, 0.15) is 0 Å². The van der Waals surface area contributed by atoms with E-state index in [0.717, 1.165) is 54.5 Å². The van der Waals surface area contributed by atoms with Gasteiger partial charge in [-0.15, -0.1) is 0 Å². The second-order valence-electron chi connectivity index (χ2n) is 10.2. The lowest BCUT2D eigenvalue weighted by Crippen LogP contribution is -2.51. The van der Waals surface area contributed by atoms with Crippen LogP contribution in [0.1, 0.15) is 68.6 Å². The number of piperazine rings is 1. The van der Waals surface area contributed by atoms with Crippen LogP contribution in [0, 0.1) is 12.3 Å². The van der Waals surface area contributed by atoms with Crippen LogP contribution in [0.4, 0.5) is 0 Å². The number of hydrogen-bond donors (Lipinski definition) is 1. The van der Waals surface area contributed by atoms with Gasteiger partial charge in [0, 0.05) is 60.8 Å². The minimum Gasteiger partial charge on any atom is -0.358 e. The van der Waals surface area contributed by atoms with Crippen molar-refractivity contribution < 1.29 is 13.2 Å². The van der Waals surface area contributed by atoms with Gasteiger partial charge >= 0.3 is 0 Å². The van der Waals surface area contributed by atoms with E-state index in [1.807, 2.05) is 13.0 Å². The number of nitrogens with one attached hydrogen (secondary N) is 1. The van der Waals surface area contributed by atoms with Crippen molar-refractivity contribution in [2.75, 3.05) is 26.2 Å². The van der Waals surface area contributed by atoms with Crippen molar-refractivity contribution in [2.24, 2.45) is 5.41 Å². The van der Waals surface area contributed by atoms with Crippen molar-refractivity contribution in [2.45, 2.75) is 71.2 Å². The van der Waals surface area contributed by atoms with Gasteiger partial charge in [-0.3, -0.25) is 9.69 Å². The molecule has 1 aliphatic carbocycles. The summed E-state index contributed by atoms with van der Waals surface area (Å²) in [6.07, 6.45) is 3.59. The van der Waals surface area contributed by atoms with E-state index in [0.29, 0.717) is 36.0 Å². The molecule has 7 heteroatoms. The van der Waals surface area contributed by atoms with Gasteiger partial charge < -0.3 is 4.98 Å². The van der Waals surface area contributed by atoms with Gasteiger partial charge in [0.05, 0.1) is 4.90 Å². The Kier molecular flexibility index (Phi) is 5.82. The number of aromatic amines is 1. The molecule has 1 aromatic heterocycles. The van der Waals surface area contributed by atoms with Gasteiger partial charge in [0.2, 0.25) is 10.0 Å². The first-order valence-electron chi connectivity index (χ1n) is 11.5. The van der Waals surface area contributed by atoms with Gasteiger partial charge in [-0.2, -0.15) is 4.31 Å². The number of Topliss-reactive ketones (excluding diaryl/α,β-unsaturated/α-hetero) is 1. The molecule has 170 valence electrons. The van der Waals surface area contributed by atoms with Crippen molar-refractivity contribution in [3.63, 3.8) is 0 Å². The van der Waals surface area contributed by atoms with E-state index in [1.165, 1.54) is 0 Å². The zero-order chi connectivity index (χ0) is 22.6. The van der Waals surface area contributed by atoms with Crippen molar-refractivity contribution in [3.05, 3.63) is 29.0 Å². The molecule has 2 aliphatic rings. The number of H-pyrrole nitrogens is 1. The highest BCUT2D eigenvalue weighted by atomic mass is 32.2. The van der Waals surface area contributed by atoms with Crippen LogP contribution in [-0.4, -0.2) is 60.6 Å². The molecule has 0 amide bonds. The molecule has 4 rings (SSSR count). The number of benzene rings is 1. The van der Waals surface area contributed by atoms with Gasteiger partial charge in [0.15, 0.2) is 5.78 Å². The van der Waals surface area contributed by atoms with Gasteiger partial charge in [0.25, 0.3) is 0 Å². The number of carbonyl (C=O) groups excluding carboxylic acids is 1. The Labute approximate surface area is 186 Å². The SMILES string of the molecule is CCCC(C)N1CCN(S(=O)(=O)c2cc3[nH]c4c(c3cc2C)C(=O)CC(C)(C)C4)CC1. The second kappa shape index (κ2) is 8.01. The summed E-state index contributed by atoms with van der Waals surface area (Å²) in [7, 11) is -3.58. The number of carbonyl (C=O) groups is 1. The van der Waals surface area contributed by atoms with Gasteiger partial charge in [-0.05, 0) is 49.8 Å². The molecule has 0 radical (unpaired) electrons. The molecular weight excluding hydrogens is 410 g/mol. The van der Waals surface area contributed by atoms with E-state index in [-0.39, 0.29) is 11.2 Å². The standard InChI is InChI=1S/C24H35N3O3S/c1-6-7-17(3)26-8-10-27(11-9-26)31(29,30)22-13-19-18(12-16(22)2)23-20(25-19)14-24(4,5)15-21(23)28/h12-13,17,25H,6-11,14-15H2,1-5H3. The predicted octanol–water partition coefficient (Wildman–Crippen LogP) is 4.13. The molecule has 2 heterocycles. The van der Waals surface area contributed by atoms with E-state index >= 15 is 0 Å². The van der Waals surface area contributed by atoms with E-state index in [1.54, 1.807) is 10.4 Å². The Morgan fingerprint density at radius 1 is 1.13 bits per heavy atom.